The largest absolute Gasteiger partial charge is 0.508 e. The molecule has 1 aromatic carbocycles. The number of piperidine rings is 1. The van der Waals surface area contributed by atoms with Gasteiger partial charge in [0.05, 0.1) is 17.9 Å². The lowest BCUT2D eigenvalue weighted by Gasteiger charge is -2.30. The molecule has 2 aliphatic heterocycles. The predicted molar refractivity (Wildman–Crippen MR) is 174 cm³/mol. The normalized spacial score (nSPS) is 16.7. The summed E-state index contributed by atoms with van der Waals surface area (Å²) in [5, 5.41) is 18.3. The van der Waals surface area contributed by atoms with Crippen LogP contribution in [-0.4, -0.2) is 76.0 Å². The van der Waals surface area contributed by atoms with Gasteiger partial charge in [0, 0.05) is 37.9 Å². The van der Waals surface area contributed by atoms with E-state index in [2.05, 4.69) is 85.2 Å². The fourth-order valence-corrected chi connectivity index (χ4v) is 5.72. The Hall–Kier alpha value is -4.68. The lowest BCUT2D eigenvalue weighted by molar-refractivity contribution is 0.203. The maximum absolute atomic E-state index is 10.0. The van der Waals surface area contributed by atoms with Crippen molar-refractivity contribution in [2.45, 2.75) is 25.7 Å². The molecule has 3 aromatic rings. The Morgan fingerprint density at radius 1 is 1.02 bits per heavy atom. The summed E-state index contributed by atoms with van der Waals surface area (Å²) in [5.74, 6) is 8.92. The summed E-state index contributed by atoms with van der Waals surface area (Å²) in [5.41, 5.74) is 9.40. The highest BCUT2D eigenvalue weighted by Gasteiger charge is 2.21. The van der Waals surface area contributed by atoms with Crippen LogP contribution >= 0.6 is 0 Å². The Labute approximate surface area is 254 Å². The van der Waals surface area contributed by atoms with Gasteiger partial charge in [0.1, 0.15) is 11.6 Å². The molecule has 0 amide bonds. The lowest BCUT2D eigenvalue weighted by Crippen LogP contribution is -2.34. The molecule has 9 nitrogen and oxygen atoms in total. The van der Waals surface area contributed by atoms with Gasteiger partial charge >= 0.3 is 0 Å². The third-order valence-electron chi connectivity index (χ3n) is 8.05. The van der Waals surface area contributed by atoms with E-state index in [1.165, 1.54) is 18.4 Å². The summed E-state index contributed by atoms with van der Waals surface area (Å²) in [6.45, 7) is 13.4. The second kappa shape index (κ2) is 14.5. The molecule has 2 saturated heterocycles. The summed E-state index contributed by atoms with van der Waals surface area (Å²) in [7, 11) is 0. The summed E-state index contributed by atoms with van der Waals surface area (Å²) in [4.78, 5) is 16.1. The summed E-state index contributed by atoms with van der Waals surface area (Å²) < 4.78 is 0. The maximum Gasteiger partial charge on any atom is 0.206 e. The van der Waals surface area contributed by atoms with E-state index in [0.717, 1.165) is 76.1 Å². The highest BCUT2D eigenvalue weighted by atomic mass is 16.3. The number of hydrogen-bond acceptors (Lipinski definition) is 9. The van der Waals surface area contributed by atoms with Crippen molar-refractivity contribution in [2.24, 2.45) is 5.92 Å². The van der Waals surface area contributed by atoms with Gasteiger partial charge in [0.2, 0.25) is 5.82 Å². The zero-order chi connectivity index (χ0) is 30.0. The van der Waals surface area contributed by atoms with Gasteiger partial charge in [0.25, 0.3) is 0 Å². The summed E-state index contributed by atoms with van der Waals surface area (Å²) in [6, 6.07) is 14.6. The number of anilines is 3. The highest BCUT2D eigenvalue weighted by Crippen LogP contribution is 2.28. The van der Waals surface area contributed by atoms with E-state index in [9.17, 15) is 5.11 Å². The average molecular weight is 577 g/mol. The van der Waals surface area contributed by atoms with Crippen LogP contribution in [0.4, 0.5) is 17.3 Å². The molecule has 0 unspecified atom stereocenters. The van der Waals surface area contributed by atoms with Crippen LogP contribution in [-0.2, 0) is 6.42 Å². The molecule has 43 heavy (non-hydrogen) atoms. The molecule has 4 heterocycles. The average Bonchev–Trinajstić information content (AvgIpc) is 3.28. The fourth-order valence-electron chi connectivity index (χ4n) is 5.72. The Morgan fingerprint density at radius 2 is 1.79 bits per heavy atom. The molecule has 0 radical (unpaired) electrons. The van der Waals surface area contributed by atoms with Gasteiger partial charge in [-0.15, -0.1) is 10.2 Å². The number of benzene rings is 1. The van der Waals surface area contributed by atoms with Crippen molar-refractivity contribution >= 4 is 22.9 Å². The first-order valence-electron chi connectivity index (χ1n) is 14.9. The number of nitrogens with zero attached hydrogens (tertiary/aromatic N) is 7. The molecule has 9 heteroatoms. The number of likely N-dealkylation sites (tertiary alicyclic amines) is 1. The molecule has 0 bridgehead atoms. The van der Waals surface area contributed by atoms with Crippen LogP contribution in [0, 0.1) is 17.8 Å². The smallest absolute Gasteiger partial charge is 0.206 e. The second-order valence-electron chi connectivity index (χ2n) is 11.0. The van der Waals surface area contributed by atoms with Crippen LogP contribution in [0.25, 0.3) is 5.57 Å². The van der Waals surface area contributed by atoms with Gasteiger partial charge in [-0.2, -0.15) is 0 Å². The molecule has 3 N–H and O–H groups in total. The molecular weight excluding hydrogens is 536 g/mol. The van der Waals surface area contributed by atoms with Gasteiger partial charge in [0.15, 0.2) is 5.82 Å². The standard InChI is InChI=1S/C34H40N8O/c1-3-9-29(26(2)43)30-25-31(34(35)39-38-30)41-18-8-19-42(23-22-41)33-13-16-36-32(37-33)12-7-17-40-20-14-28(15-21-40)24-27-10-5-4-6-11-27/h3-6,9-11,13,16,25,28,43H,1-2,8,14-15,17-24H2,(H2,35,39)/b29-9+. The number of hydrogen-bond donors (Lipinski definition) is 2. The number of allylic oxidation sites excluding steroid dienone is 3. The molecular formula is C34H40N8O. The zero-order valence-corrected chi connectivity index (χ0v) is 24.7. The van der Waals surface area contributed by atoms with E-state index in [1.54, 1.807) is 18.3 Å². The third-order valence-corrected chi connectivity index (χ3v) is 8.05. The van der Waals surface area contributed by atoms with Crippen LogP contribution in [0.15, 0.2) is 79.7 Å². The Kier molecular flexibility index (Phi) is 10.0. The number of aromatic nitrogens is 4. The SMILES string of the molecule is C=C/C=C(\C(=C)O)c1cc(N2CCCN(c3ccnc(C#CCN4CCC(Cc5ccccc5)CC4)n3)CC2)c(N)nn1. The van der Waals surface area contributed by atoms with Crippen LogP contribution < -0.4 is 15.5 Å². The van der Waals surface area contributed by atoms with Crippen molar-refractivity contribution in [1.82, 2.24) is 25.1 Å². The minimum Gasteiger partial charge on any atom is -0.508 e. The molecule has 0 atom stereocenters. The maximum atomic E-state index is 10.0. The van der Waals surface area contributed by atoms with E-state index in [1.807, 2.05) is 12.1 Å². The van der Waals surface area contributed by atoms with Crippen LogP contribution in [0.1, 0.15) is 36.3 Å². The van der Waals surface area contributed by atoms with E-state index < -0.39 is 0 Å². The first-order chi connectivity index (χ1) is 21.0. The van der Waals surface area contributed by atoms with Gasteiger partial charge in [-0.3, -0.25) is 4.90 Å². The molecule has 5 rings (SSSR count). The minimum atomic E-state index is -0.0990. The Bertz CT molecular complexity index is 1500. The zero-order valence-electron chi connectivity index (χ0n) is 24.7. The van der Waals surface area contributed by atoms with E-state index in [4.69, 9.17) is 10.7 Å². The molecule has 0 saturated carbocycles. The number of nitrogens with two attached hydrogens (primary N) is 1. The number of aliphatic hydroxyl groups is 1. The lowest BCUT2D eigenvalue weighted by atomic mass is 9.90. The van der Waals surface area contributed by atoms with E-state index >= 15 is 0 Å². The topological polar surface area (TPSA) is 108 Å². The summed E-state index contributed by atoms with van der Waals surface area (Å²) >= 11 is 0. The van der Waals surface area contributed by atoms with Gasteiger partial charge in [-0.1, -0.05) is 55.5 Å². The molecule has 2 aromatic heterocycles. The fraction of sp³-hybridized carbons (Fsp3) is 0.353. The number of rotatable bonds is 8. The van der Waals surface area contributed by atoms with Gasteiger partial charge in [-0.05, 0) is 74.4 Å². The molecule has 2 aliphatic rings. The Morgan fingerprint density at radius 3 is 2.56 bits per heavy atom. The highest BCUT2D eigenvalue weighted by molar-refractivity contribution is 5.78. The first-order valence-corrected chi connectivity index (χ1v) is 14.9. The monoisotopic (exact) mass is 576 g/mol. The van der Waals surface area contributed by atoms with Gasteiger partial charge < -0.3 is 20.6 Å². The van der Waals surface area contributed by atoms with Crippen molar-refractivity contribution in [3.63, 3.8) is 0 Å². The van der Waals surface area contributed by atoms with Crippen LogP contribution in [0.2, 0.25) is 0 Å². The van der Waals surface area contributed by atoms with Crippen molar-refractivity contribution in [3.8, 4) is 11.8 Å². The van der Waals surface area contributed by atoms with Crippen molar-refractivity contribution in [3.05, 3.63) is 96.8 Å². The molecule has 0 aliphatic carbocycles. The van der Waals surface area contributed by atoms with Crippen molar-refractivity contribution in [1.29, 1.82) is 0 Å². The van der Waals surface area contributed by atoms with E-state index in [-0.39, 0.29) is 5.76 Å². The van der Waals surface area contributed by atoms with E-state index in [0.29, 0.717) is 22.9 Å². The summed E-state index contributed by atoms with van der Waals surface area (Å²) in [6.07, 6.45) is 9.51. The van der Waals surface area contributed by atoms with Crippen molar-refractivity contribution in [2.75, 3.05) is 61.3 Å². The van der Waals surface area contributed by atoms with Crippen LogP contribution in [0.3, 0.4) is 0 Å². The third kappa shape index (κ3) is 7.99. The van der Waals surface area contributed by atoms with Crippen LogP contribution in [0.5, 0.6) is 0 Å². The number of aliphatic hydroxyl groups excluding tert-OH is 1. The second-order valence-corrected chi connectivity index (χ2v) is 11.0. The quantitative estimate of drug-likeness (QED) is 0.227. The number of nitrogen functional groups attached to an aromatic ring is 1. The van der Waals surface area contributed by atoms with Gasteiger partial charge in [-0.25, -0.2) is 9.97 Å². The predicted octanol–water partition coefficient (Wildman–Crippen LogP) is 4.51. The molecule has 0 spiro atoms. The minimum absolute atomic E-state index is 0.0990. The first kappa shape index (κ1) is 29.8. The Balaban J connectivity index is 1.16. The molecule has 2 fully saturated rings. The molecule has 222 valence electrons. The van der Waals surface area contributed by atoms with Crippen molar-refractivity contribution < 1.29 is 5.11 Å².